The summed E-state index contributed by atoms with van der Waals surface area (Å²) in [6.45, 7) is 10.8. The number of carbonyl (C=O) groups excluding carboxylic acids is 12. The van der Waals surface area contributed by atoms with Gasteiger partial charge < -0.3 is 84.3 Å². The van der Waals surface area contributed by atoms with E-state index in [9.17, 15) is 57.5 Å². The lowest BCUT2D eigenvalue weighted by Crippen LogP contribution is -2.47. The first-order valence-corrected chi connectivity index (χ1v) is 43.0. The Kier molecular flexibility index (Phi) is 30.0. The number of primary amides is 1. The fourth-order valence-corrected chi connectivity index (χ4v) is 16.9. The van der Waals surface area contributed by atoms with E-state index in [0.717, 1.165) is 50.5 Å². The zero-order valence-electron chi connectivity index (χ0n) is 69.8. The van der Waals surface area contributed by atoms with Gasteiger partial charge >= 0.3 is 18.2 Å². The summed E-state index contributed by atoms with van der Waals surface area (Å²) in [5.74, 6) is -4.49. The van der Waals surface area contributed by atoms with Gasteiger partial charge in [-0.25, -0.2) is 24.3 Å². The van der Waals surface area contributed by atoms with Crippen LogP contribution in [-0.4, -0.2) is 225 Å². The number of hydrogen-bond acceptors (Lipinski definition) is 21. The van der Waals surface area contributed by atoms with E-state index >= 15 is 0 Å². The highest BCUT2D eigenvalue weighted by molar-refractivity contribution is 8.08. The third-order valence-corrected chi connectivity index (χ3v) is 24.2. The number of imidazole rings is 1. The summed E-state index contributed by atoms with van der Waals surface area (Å²) in [6.07, 6.45) is 2.01. The Morgan fingerprint density at radius 3 is 1.87 bits per heavy atom. The second-order valence-electron chi connectivity index (χ2n) is 30.8. The molecule has 125 heavy (non-hydrogen) atoms. The number of fused-ring (bicyclic) bond motifs is 4. The average Bonchev–Trinajstić information content (AvgIpc) is 1.60. The molecule has 0 saturated carbocycles. The normalized spacial score (nSPS) is 15.0. The van der Waals surface area contributed by atoms with Crippen molar-refractivity contribution in [3.63, 3.8) is 0 Å². The molecule has 4 aliphatic heterocycles. The number of amides is 12. The van der Waals surface area contributed by atoms with Gasteiger partial charge in [-0.05, 0) is 164 Å². The molecular weight excluding hydrogens is 1660 g/mol. The smallest absolute Gasteiger partial charge is 0.415 e. The predicted octanol–water partition coefficient (Wildman–Crippen LogP) is 11.9. The van der Waals surface area contributed by atoms with E-state index in [-0.39, 0.29) is 122 Å². The molecule has 7 aromatic carbocycles. The van der Waals surface area contributed by atoms with Crippen molar-refractivity contribution in [2.75, 3.05) is 139 Å². The highest BCUT2D eigenvalue weighted by Gasteiger charge is 2.42. The first-order chi connectivity index (χ1) is 60.2. The van der Waals surface area contributed by atoms with Crippen LogP contribution in [0.3, 0.4) is 0 Å². The Hall–Kier alpha value is -12.7. The molecule has 6 N–H and O–H groups in total. The van der Waals surface area contributed by atoms with Gasteiger partial charge in [0.25, 0.3) is 35.4 Å². The van der Waals surface area contributed by atoms with E-state index in [1.807, 2.05) is 44.2 Å². The van der Waals surface area contributed by atoms with E-state index in [4.69, 9.17) is 45.8 Å². The number of halogens is 1. The lowest BCUT2D eigenvalue weighted by molar-refractivity contribution is -0.133. The third-order valence-electron chi connectivity index (χ3n) is 21.5. The molecule has 0 bridgehead atoms. The third kappa shape index (κ3) is 22.5. The predicted molar refractivity (Wildman–Crippen MR) is 472 cm³/mol. The van der Waals surface area contributed by atoms with Crippen LogP contribution in [-0.2, 0) is 49.5 Å². The number of morpholine rings is 2. The number of imide groups is 1. The zero-order chi connectivity index (χ0) is 88.5. The maximum atomic E-state index is 14.6. The topological polar surface area (TPSA) is 371 Å². The monoisotopic (exact) mass is 1760 g/mol. The van der Waals surface area contributed by atoms with Gasteiger partial charge in [0, 0.05) is 147 Å². The molecule has 2 fully saturated rings. The van der Waals surface area contributed by atoms with E-state index < -0.39 is 78.0 Å². The minimum Gasteiger partial charge on any atom is -0.491 e. The molecule has 4 aliphatic rings. The minimum absolute atomic E-state index is 0.0174. The number of aromatic nitrogens is 2. The van der Waals surface area contributed by atoms with Crippen LogP contribution in [0.25, 0.3) is 16.4 Å². The number of anilines is 4. The van der Waals surface area contributed by atoms with E-state index in [0.29, 0.717) is 118 Å². The number of alkyl halides is 1. The maximum Gasteiger partial charge on any atom is 0.415 e. The van der Waals surface area contributed by atoms with Gasteiger partial charge in [-0.1, -0.05) is 85.4 Å². The molecule has 34 heteroatoms. The summed E-state index contributed by atoms with van der Waals surface area (Å²) < 4.78 is 35.8. The van der Waals surface area contributed by atoms with Crippen LogP contribution < -0.4 is 46.3 Å². The molecule has 2 aromatic heterocycles. The molecule has 0 unspecified atom stereocenters. The number of aryl methyl sites for hydroxylation is 2. The van der Waals surface area contributed by atoms with Crippen LogP contribution in [0, 0.1) is 25.7 Å². The second-order valence-corrected chi connectivity index (χ2v) is 33.3. The number of Topliss-reactive ketones (excluding diaryl/α,β-unsaturated/α-hetero) is 1. The molecule has 2 saturated heterocycles. The summed E-state index contributed by atoms with van der Waals surface area (Å²) in [7, 11) is 3.05. The molecule has 652 valence electrons. The SMILES string of the molecule is Cc1ccc(C(=O)Nc2ccc3nc(C(=O)N4C[C@@H](CCl)c5c4cc(OC(=O)N(C)CCN(C)C(=O)OCc4ccc(NC(=O)[C@H](CCCNC(N)=O)CC(=O)[C@@H](NC(=O)COCCOc6ccc(N7C(=O)C(Sc8ccc(C(=O)N9CCOCC9)cc8)=C(Sc8ccc(C(=O)N9CCOCC9)cc8)C7=O)cc6)C(C)C)cc4)c4cccc(C)c54)cn3c2)cc1. The lowest BCUT2D eigenvalue weighted by atomic mass is 9.89. The number of carbonyl (C=O) groups is 12. The van der Waals surface area contributed by atoms with Crippen molar-refractivity contribution in [1.29, 1.82) is 0 Å². The number of hydrogen-bond donors (Lipinski definition) is 5. The molecule has 0 radical (unpaired) electrons. The number of nitrogens with two attached hydrogens (primary N) is 1. The fraction of sp³-hybridized carbons (Fsp3) is 0.330. The second kappa shape index (κ2) is 41.7. The first kappa shape index (κ1) is 90.1. The average molecular weight is 1760 g/mol. The van der Waals surface area contributed by atoms with Gasteiger partial charge in [0.1, 0.15) is 42.7 Å². The number of thioether (sulfide) groups is 2. The highest BCUT2D eigenvalue weighted by atomic mass is 35.5. The standard InChI is InChI=1S/C91H96ClN13O18S2/c1-55(2)79(98-76(107)54-120-45-46-121-67-27-25-66(26-28-67)105-87(113)80(124-68-29-18-60(19-30-68)84(110)101-37-41-118-42-38-101)81(88(105)114)125-69-31-20-61(21-32-69)85(111)102-39-43-119-44-40-102)73(106)47-62(10-8-34-94-89(93)115)83(109)95-64-22-14-58(15-23-64)53-122-90(116)99(5)35-36-100(6)91(117)123-74-48-72-78(77-57(4)9-7-11-70(74)77)63(49-92)50-104(72)86(112)71-52-103-51-65(24-33-75(103)97-71)96-82(108)59-16-12-56(3)13-17-59/h7,9,11-33,48,51-52,55,62-63,79H,8,10,34-47,49-50,53-54H2,1-6H3,(H,95,109)(H,96,108)(H,98,107)(H3,93,94,115)/t62-,63-,79+/m1/s1. The summed E-state index contributed by atoms with van der Waals surface area (Å²) >= 11 is 8.86. The van der Waals surface area contributed by atoms with Crippen LogP contribution in [0.2, 0.25) is 0 Å². The Balaban J connectivity index is 0.561. The lowest BCUT2D eigenvalue weighted by Gasteiger charge is -2.26. The van der Waals surface area contributed by atoms with Crippen molar-refractivity contribution in [2.24, 2.45) is 17.6 Å². The summed E-state index contributed by atoms with van der Waals surface area (Å²) in [6, 6.07) is 42.6. The van der Waals surface area contributed by atoms with Crippen molar-refractivity contribution < 1.29 is 86.0 Å². The number of nitrogens with zero attached hydrogens (tertiary/aromatic N) is 8. The maximum absolute atomic E-state index is 14.6. The number of ether oxygens (including phenoxy) is 6. The van der Waals surface area contributed by atoms with Crippen LogP contribution >= 0.6 is 35.1 Å². The molecular formula is C91H96ClN13O18S2. The Morgan fingerprint density at radius 1 is 0.672 bits per heavy atom. The van der Waals surface area contributed by atoms with Crippen LogP contribution in [0.1, 0.15) is 103 Å². The largest absolute Gasteiger partial charge is 0.491 e. The van der Waals surface area contributed by atoms with Gasteiger partial charge in [-0.2, -0.15) is 0 Å². The van der Waals surface area contributed by atoms with Crippen LogP contribution in [0.4, 0.5) is 37.1 Å². The Bertz CT molecular complexity index is 5470. The molecule has 31 nitrogen and oxygen atoms in total. The van der Waals surface area contributed by atoms with Crippen LogP contribution in [0.5, 0.6) is 11.5 Å². The van der Waals surface area contributed by atoms with E-state index in [1.165, 1.54) is 23.9 Å². The molecule has 0 aliphatic carbocycles. The number of rotatable bonds is 34. The minimum atomic E-state index is -1.02. The van der Waals surface area contributed by atoms with Crippen molar-refractivity contribution in [2.45, 2.75) is 75.3 Å². The molecule has 6 heterocycles. The van der Waals surface area contributed by atoms with Gasteiger partial charge in [-0.15, -0.1) is 11.6 Å². The quantitative estimate of drug-likeness (QED) is 0.0142. The van der Waals surface area contributed by atoms with Gasteiger partial charge in [-0.3, -0.25) is 43.2 Å². The fourth-order valence-electron chi connectivity index (χ4n) is 14.7. The van der Waals surface area contributed by atoms with Gasteiger partial charge in [0.05, 0.1) is 65.9 Å². The number of benzene rings is 7. The van der Waals surface area contributed by atoms with Crippen molar-refractivity contribution in [3.05, 3.63) is 225 Å². The van der Waals surface area contributed by atoms with Crippen molar-refractivity contribution in [3.8, 4) is 11.5 Å². The van der Waals surface area contributed by atoms with E-state index in [2.05, 4.69) is 26.3 Å². The molecule has 12 amide bonds. The first-order valence-electron chi connectivity index (χ1n) is 40.9. The number of urea groups is 1. The molecule has 9 aromatic rings. The van der Waals surface area contributed by atoms with Crippen LogP contribution in [0.15, 0.2) is 190 Å². The number of pyridine rings is 1. The number of nitrogens with one attached hydrogen (secondary N) is 4. The Labute approximate surface area is 734 Å². The van der Waals surface area contributed by atoms with E-state index in [1.54, 1.807) is 173 Å². The summed E-state index contributed by atoms with van der Waals surface area (Å²) in [5, 5.41) is 12.5. The summed E-state index contributed by atoms with van der Waals surface area (Å²) in [4.78, 5) is 179. The zero-order valence-corrected chi connectivity index (χ0v) is 72.2. The van der Waals surface area contributed by atoms with Crippen molar-refractivity contribution in [1.82, 2.24) is 39.6 Å². The molecule has 3 atom stereocenters. The highest BCUT2D eigenvalue weighted by Crippen LogP contribution is 2.48. The van der Waals surface area contributed by atoms with Gasteiger partial charge in [0.2, 0.25) is 11.8 Å². The summed E-state index contributed by atoms with van der Waals surface area (Å²) in [5.41, 5.74) is 12.3. The van der Waals surface area contributed by atoms with Gasteiger partial charge in [0.15, 0.2) is 5.78 Å². The number of ketones is 1. The number of likely N-dealkylation sites (N-methyl/N-ethyl adjacent to an activating group) is 2. The molecule has 0 spiro atoms. The molecule has 13 rings (SSSR count). The Morgan fingerprint density at radius 2 is 1.27 bits per heavy atom. The van der Waals surface area contributed by atoms with Crippen molar-refractivity contribution >= 4 is 146 Å².